The van der Waals surface area contributed by atoms with Gasteiger partial charge in [-0.3, -0.25) is 0 Å². The summed E-state index contributed by atoms with van der Waals surface area (Å²) in [5.41, 5.74) is 5.99. The monoisotopic (exact) mass is 364 g/mol. The molecule has 0 saturated carbocycles. The Hall–Kier alpha value is -1.59. The summed E-state index contributed by atoms with van der Waals surface area (Å²) >= 11 is 0. The van der Waals surface area contributed by atoms with Crippen molar-refractivity contribution in [3.05, 3.63) is 35.9 Å². The highest BCUT2D eigenvalue weighted by Gasteiger charge is 2.20. The Labute approximate surface area is 160 Å². The molecule has 2 rings (SSSR count). The van der Waals surface area contributed by atoms with Crippen LogP contribution < -0.4 is 11.1 Å². The molecule has 0 aliphatic carbocycles. The standard InChI is InChI=1S/C17H28N2.C2H6N2O.C2H6/c1-15(13-16-7-5-4-6-8-16)19(3)14-17-9-11-18(2)12-10-17;1-4-2(3)5;1-2/h4-8,15,17H,9-14H2,1-3H3;1H3,(H3,3,4,5);1-2H3. The lowest BCUT2D eigenvalue weighted by Crippen LogP contribution is -2.39. The van der Waals surface area contributed by atoms with E-state index in [1.807, 2.05) is 13.8 Å². The molecule has 150 valence electrons. The SMILES string of the molecule is CC.CC(Cc1ccccc1)N(C)CC1CCN(C)CC1.CNC(N)=O. The Balaban J connectivity index is 0.000000772. The second-order valence-corrected chi connectivity index (χ2v) is 6.84. The summed E-state index contributed by atoms with van der Waals surface area (Å²) in [5, 5.41) is 2.17. The number of benzene rings is 1. The Bertz CT molecular complexity index is 458. The molecule has 1 heterocycles. The van der Waals surface area contributed by atoms with E-state index in [9.17, 15) is 4.79 Å². The Morgan fingerprint density at radius 3 is 2.23 bits per heavy atom. The number of amides is 2. The van der Waals surface area contributed by atoms with Crippen LogP contribution in [0.3, 0.4) is 0 Å². The first-order chi connectivity index (χ1) is 12.4. The van der Waals surface area contributed by atoms with E-state index in [0.717, 1.165) is 12.3 Å². The largest absolute Gasteiger partial charge is 0.352 e. The quantitative estimate of drug-likeness (QED) is 0.843. The maximum absolute atomic E-state index is 9.48. The molecular formula is C21H40N4O. The number of piperidine rings is 1. The molecule has 0 radical (unpaired) electrons. The van der Waals surface area contributed by atoms with E-state index in [1.54, 1.807) is 0 Å². The van der Waals surface area contributed by atoms with Gasteiger partial charge in [0.05, 0.1) is 0 Å². The van der Waals surface area contributed by atoms with Crippen LogP contribution in [0.1, 0.15) is 39.2 Å². The molecule has 0 spiro atoms. The number of hydrogen-bond acceptors (Lipinski definition) is 3. The molecule has 1 unspecified atom stereocenters. The number of rotatable bonds is 5. The molecule has 1 aliphatic heterocycles. The molecule has 1 saturated heterocycles. The molecule has 26 heavy (non-hydrogen) atoms. The first-order valence-electron chi connectivity index (χ1n) is 9.82. The predicted octanol–water partition coefficient (Wildman–Crippen LogP) is 3.20. The fourth-order valence-electron chi connectivity index (χ4n) is 2.94. The van der Waals surface area contributed by atoms with Crippen molar-refractivity contribution in [1.29, 1.82) is 0 Å². The van der Waals surface area contributed by atoms with Crippen molar-refractivity contribution in [2.24, 2.45) is 11.7 Å². The van der Waals surface area contributed by atoms with Gasteiger partial charge in [0, 0.05) is 19.6 Å². The highest BCUT2D eigenvalue weighted by atomic mass is 16.2. The molecule has 1 atom stereocenters. The van der Waals surface area contributed by atoms with Crippen LogP contribution in [0.2, 0.25) is 0 Å². The van der Waals surface area contributed by atoms with Gasteiger partial charge in [0.15, 0.2) is 0 Å². The molecule has 1 fully saturated rings. The first kappa shape index (κ1) is 24.4. The Morgan fingerprint density at radius 2 is 1.77 bits per heavy atom. The van der Waals surface area contributed by atoms with Gasteiger partial charge in [-0.05, 0) is 64.9 Å². The van der Waals surface area contributed by atoms with Gasteiger partial charge in [-0.15, -0.1) is 0 Å². The summed E-state index contributed by atoms with van der Waals surface area (Å²) in [4.78, 5) is 14.5. The van der Waals surface area contributed by atoms with Crippen LogP contribution in [0.4, 0.5) is 4.79 Å². The fraction of sp³-hybridized carbons (Fsp3) is 0.667. The molecule has 5 heteroatoms. The highest BCUT2D eigenvalue weighted by Crippen LogP contribution is 2.18. The minimum atomic E-state index is -0.495. The van der Waals surface area contributed by atoms with Gasteiger partial charge in [-0.25, -0.2) is 4.79 Å². The maximum atomic E-state index is 9.48. The zero-order valence-corrected chi connectivity index (χ0v) is 17.7. The first-order valence-corrected chi connectivity index (χ1v) is 9.82. The van der Waals surface area contributed by atoms with Gasteiger partial charge in [0.1, 0.15) is 0 Å². The summed E-state index contributed by atoms with van der Waals surface area (Å²) in [5.74, 6) is 0.888. The number of primary amides is 1. The number of nitrogens with zero attached hydrogens (tertiary/aromatic N) is 2. The molecule has 0 aromatic heterocycles. The normalized spacial score (nSPS) is 16.0. The van der Waals surface area contributed by atoms with E-state index in [1.165, 1.54) is 45.1 Å². The van der Waals surface area contributed by atoms with Gasteiger partial charge in [0.2, 0.25) is 0 Å². The van der Waals surface area contributed by atoms with Crippen LogP contribution in [0.25, 0.3) is 0 Å². The third kappa shape index (κ3) is 11.1. The lowest BCUT2D eigenvalue weighted by atomic mass is 9.95. The summed E-state index contributed by atoms with van der Waals surface area (Å²) < 4.78 is 0. The van der Waals surface area contributed by atoms with E-state index < -0.39 is 6.03 Å². The van der Waals surface area contributed by atoms with Crippen molar-refractivity contribution in [1.82, 2.24) is 15.1 Å². The number of carbonyl (C=O) groups is 1. The third-order valence-electron chi connectivity index (χ3n) is 4.76. The van der Waals surface area contributed by atoms with Gasteiger partial charge in [0.25, 0.3) is 0 Å². The lowest BCUT2D eigenvalue weighted by Gasteiger charge is -2.34. The summed E-state index contributed by atoms with van der Waals surface area (Å²) in [7, 11) is 5.99. The van der Waals surface area contributed by atoms with Crippen LogP contribution in [0, 0.1) is 5.92 Å². The average Bonchev–Trinajstić information content (AvgIpc) is 2.66. The Morgan fingerprint density at radius 1 is 1.27 bits per heavy atom. The van der Waals surface area contributed by atoms with Crippen LogP contribution in [-0.2, 0) is 6.42 Å². The predicted molar refractivity (Wildman–Crippen MR) is 112 cm³/mol. The topological polar surface area (TPSA) is 61.6 Å². The van der Waals surface area contributed by atoms with E-state index in [4.69, 9.17) is 0 Å². The smallest absolute Gasteiger partial charge is 0.311 e. The van der Waals surface area contributed by atoms with Crippen LogP contribution in [0.15, 0.2) is 30.3 Å². The number of likely N-dealkylation sites (tertiary alicyclic amines) is 1. The molecular weight excluding hydrogens is 324 g/mol. The molecule has 0 bridgehead atoms. The van der Waals surface area contributed by atoms with E-state index in [2.05, 4.69) is 72.2 Å². The molecule has 2 amide bonds. The van der Waals surface area contributed by atoms with Gasteiger partial charge < -0.3 is 20.9 Å². The minimum absolute atomic E-state index is 0.495. The molecule has 3 N–H and O–H groups in total. The zero-order chi connectivity index (χ0) is 19.9. The van der Waals surface area contributed by atoms with E-state index in [-0.39, 0.29) is 0 Å². The number of nitrogens with two attached hydrogens (primary N) is 1. The third-order valence-corrected chi connectivity index (χ3v) is 4.76. The summed E-state index contributed by atoms with van der Waals surface area (Å²) in [6, 6.07) is 11.0. The minimum Gasteiger partial charge on any atom is -0.352 e. The molecule has 1 aromatic rings. The Kier molecular flexibility index (Phi) is 13.7. The number of likely N-dealkylation sites (N-methyl/N-ethyl adjacent to an activating group) is 1. The van der Waals surface area contributed by atoms with Crippen molar-refractivity contribution in [3.63, 3.8) is 0 Å². The van der Waals surface area contributed by atoms with Crippen molar-refractivity contribution in [2.45, 2.75) is 46.1 Å². The lowest BCUT2D eigenvalue weighted by molar-refractivity contribution is 0.154. The van der Waals surface area contributed by atoms with Gasteiger partial charge >= 0.3 is 6.03 Å². The highest BCUT2D eigenvalue weighted by molar-refractivity contribution is 5.71. The summed E-state index contributed by atoms with van der Waals surface area (Å²) in [6.07, 6.45) is 3.88. The van der Waals surface area contributed by atoms with Crippen molar-refractivity contribution in [2.75, 3.05) is 40.8 Å². The molecule has 5 nitrogen and oxygen atoms in total. The van der Waals surface area contributed by atoms with Crippen LogP contribution >= 0.6 is 0 Å². The van der Waals surface area contributed by atoms with Crippen molar-refractivity contribution in [3.8, 4) is 0 Å². The van der Waals surface area contributed by atoms with Crippen molar-refractivity contribution < 1.29 is 4.79 Å². The van der Waals surface area contributed by atoms with E-state index >= 15 is 0 Å². The maximum Gasteiger partial charge on any atom is 0.311 e. The summed E-state index contributed by atoms with van der Waals surface area (Å²) in [6.45, 7) is 10.1. The second-order valence-electron chi connectivity index (χ2n) is 6.84. The number of nitrogens with one attached hydrogen (secondary N) is 1. The zero-order valence-electron chi connectivity index (χ0n) is 17.7. The van der Waals surface area contributed by atoms with Crippen LogP contribution in [0.5, 0.6) is 0 Å². The van der Waals surface area contributed by atoms with Gasteiger partial charge in [-0.1, -0.05) is 44.2 Å². The van der Waals surface area contributed by atoms with E-state index in [0.29, 0.717) is 6.04 Å². The fourth-order valence-corrected chi connectivity index (χ4v) is 2.94. The number of urea groups is 1. The van der Waals surface area contributed by atoms with Crippen molar-refractivity contribution >= 4 is 6.03 Å². The number of hydrogen-bond donors (Lipinski definition) is 2. The van der Waals surface area contributed by atoms with Crippen LogP contribution in [-0.4, -0.2) is 62.7 Å². The molecule has 1 aromatic carbocycles. The number of carbonyl (C=O) groups excluding carboxylic acids is 1. The second kappa shape index (κ2) is 14.6. The van der Waals surface area contributed by atoms with Gasteiger partial charge in [-0.2, -0.15) is 0 Å². The average molecular weight is 365 g/mol. The molecule has 1 aliphatic rings.